The van der Waals surface area contributed by atoms with Crippen molar-refractivity contribution in [1.29, 1.82) is 0 Å². The summed E-state index contributed by atoms with van der Waals surface area (Å²) in [4.78, 5) is 31.9. The molecule has 0 radical (unpaired) electrons. The molecule has 33 heavy (non-hydrogen) atoms. The van der Waals surface area contributed by atoms with Gasteiger partial charge in [-0.05, 0) is 44.7 Å². The Hall–Kier alpha value is -3.59. The molecule has 0 saturated heterocycles. The van der Waals surface area contributed by atoms with Crippen LogP contribution in [0.5, 0.6) is 0 Å². The van der Waals surface area contributed by atoms with E-state index >= 15 is 0 Å². The van der Waals surface area contributed by atoms with Gasteiger partial charge in [-0.2, -0.15) is 4.98 Å². The molecule has 3 aromatic rings. The SMILES string of the molecule is C[C@H](N)C(=O)NC1CCC(Nc2nccc(N(C)c3ccnc(-c4ccccc4)n3)n2)CC1. The lowest BCUT2D eigenvalue weighted by atomic mass is 9.91. The molecule has 4 N–H and O–H groups in total. The minimum absolute atomic E-state index is 0.0920. The molecule has 1 aliphatic carbocycles. The van der Waals surface area contributed by atoms with Crippen LogP contribution in [0.4, 0.5) is 17.6 Å². The van der Waals surface area contributed by atoms with Gasteiger partial charge in [0.2, 0.25) is 11.9 Å². The molecular weight excluding hydrogens is 416 g/mol. The molecule has 9 nitrogen and oxygen atoms in total. The van der Waals surface area contributed by atoms with Crippen molar-refractivity contribution in [2.24, 2.45) is 5.73 Å². The van der Waals surface area contributed by atoms with Crippen LogP contribution < -0.4 is 21.3 Å². The Morgan fingerprint density at radius 3 is 2.30 bits per heavy atom. The summed E-state index contributed by atoms with van der Waals surface area (Å²) < 4.78 is 0. The number of amides is 1. The Morgan fingerprint density at radius 1 is 0.970 bits per heavy atom. The van der Waals surface area contributed by atoms with Gasteiger partial charge in [0, 0.05) is 37.1 Å². The van der Waals surface area contributed by atoms with Crippen LogP contribution in [-0.2, 0) is 4.79 Å². The summed E-state index contributed by atoms with van der Waals surface area (Å²) in [5.74, 6) is 2.65. The van der Waals surface area contributed by atoms with Gasteiger partial charge in [-0.3, -0.25) is 4.79 Å². The fourth-order valence-electron chi connectivity index (χ4n) is 3.88. The highest BCUT2D eigenvalue weighted by Crippen LogP contribution is 2.25. The first kappa shape index (κ1) is 22.6. The van der Waals surface area contributed by atoms with Crippen molar-refractivity contribution in [3.05, 3.63) is 54.9 Å². The zero-order valence-corrected chi connectivity index (χ0v) is 19.0. The van der Waals surface area contributed by atoms with Crippen LogP contribution in [0.15, 0.2) is 54.9 Å². The van der Waals surface area contributed by atoms with Gasteiger partial charge >= 0.3 is 0 Å². The van der Waals surface area contributed by atoms with E-state index in [9.17, 15) is 4.79 Å². The minimum atomic E-state index is -0.479. The first-order valence-electron chi connectivity index (χ1n) is 11.3. The number of rotatable bonds is 7. The average Bonchev–Trinajstić information content (AvgIpc) is 2.85. The largest absolute Gasteiger partial charge is 0.352 e. The van der Waals surface area contributed by atoms with Crippen LogP contribution in [0.3, 0.4) is 0 Å². The van der Waals surface area contributed by atoms with E-state index in [-0.39, 0.29) is 18.0 Å². The third kappa shape index (κ3) is 5.81. The highest BCUT2D eigenvalue weighted by atomic mass is 16.2. The molecule has 0 spiro atoms. The normalized spacial score (nSPS) is 18.9. The van der Waals surface area contributed by atoms with E-state index in [0.717, 1.165) is 42.9 Å². The second kappa shape index (κ2) is 10.4. The smallest absolute Gasteiger partial charge is 0.236 e. The summed E-state index contributed by atoms with van der Waals surface area (Å²) in [6, 6.07) is 13.6. The molecule has 1 saturated carbocycles. The summed E-state index contributed by atoms with van der Waals surface area (Å²) in [7, 11) is 1.93. The van der Waals surface area contributed by atoms with Gasteiger partial charge in [-0.15, -0.1) is 0 Å². The fraction of sp³-hybridized carbons (Fsp3) is 0.375. The fourth-order valence-corrected chi connectivity index (χ4v) is 3.88. The third-order valence-electron chi connectivity index (χ3n) is 5.82. The second-order valence-electron chi connectivity index (χ2n) is 8.39. The lowest BCUT2D eigenvalue weighted by Crippen LogP contribution is -2.46. The lowest BCUT2D eigenvalue weighted by molar-refractivity contribution is -0.122. The minimum Gasteiger partial charge on any atom is -0.352 e. The average molecular weight is 447 g/mol. The molecule has 0 aliphatic heterocycles. The van der Waals surface area contributed by atoms with Crippen molar-refractivity contribution in [2.45, 2.75) is 50.7 Å². The molecule has 1 aliphatic rings. The van der Waals surface area contributed by atoms with Gasteiger partial charge in [-0.25, -0.2) is 15.0 Å². The van der Waals surface area contributed by atoms with Crippen molar-refractivity contribution >= 4 is 23.5 Å². The second-order valence-corrected chi connectivity index (χ2v) is 8.39. The summed E-state index contributed by atoms with van der Waals surface area (Å²) in [5, 5.41) is 6.46. The van der Waals surface area contributed by atoms with E-state index in [1.54, 1.807) is 19.3 Å². The van der Waals surface area contributed by atoms with Crippen LogP contribution in [0, 0.1) is 0 Å². The maximum Gasteiger partial charge on any atom is 0.236 e. The first-order chi connectivity index (χ1) is 16.0. The van der Waals surface area contributed by atoms with Gasteiger partial charge in [0.05, 0.1) is 6.04 Å². The Kier molecular flexibility index (Phi) is 7.09. The van der Waals surface area contributed by atoms with Crippen LogP contribution in [0.1, 0.15) is 32.6 Å². The molecule has 0 bridgehead atoms. The summed E-state index contributed by atoms with van der Waals surface area (Å²) >= 11 is 0. The van der Waals surface area contributed by atoms with Crippen molar-refractivity contribution in [1.82, 2.24) is 25.3 Å². The van der Waals surface area contributed by atoms with Crippen LogP contribution in [0.2, 0.25) is 0 Å². The predicted molar refractivity (Wildman–Crippen MR) is 129 cm³/mol. The maximum absolute atomic E-state index is 11.8. The molecule has 1 amide bonds. The van der Waals surface area contributed by atoms with Crippen molar-refractivity contribution in [3.8, 4) is 11.4 Å². The molecule has 1 fully saturated rings. The molecule has 2 heterocycles. The Bertz CT molecular complexity index is 1070. The number of hydrogen-bond donors (Lipinski definition) is 3. The lowest BCUT2D eigenvalue weighted by Gasteiger charge is -2.30. The number of hydrogen-bond acceptors (Lipinski definition) is 8. The number of benzene rings is 1. The quantitative estimate of drug-likeness (QED) is 0.506. The number of nitrogens with one attached hydrogen (secondary N) is 2. The van der Waals surface area contributed by atoms with Crippen LogP contribution >= 0.6 is 0 Å². The molecule has 172 valence electrons. The van der Waals surface area contributed by atoms with Gasteiger partial charge < -0.3 is 21.3 Å². The Balaban J connectivity index is 1.39. The number of carbonyl (C=O) groups excluding carboxylic acids is 1. The summed E-state index contributed by atoms with van der Waals surface area (Å²) in [5.41, 5.74) is 6.61. The molecular formula is C24H30N8O. The Morgan fingerprint density at radius 2 is 1.61 bits per heavy atom. The van der Waals surface area contributed by atoms with Gasteiger partial charge in [0.1, 0.15) is 11.6 Å². The third-order valence-corrected chi connectivity index (χ3v) is 5.82. The van der Waals surface area contributed by atoms with E-state index in [1.807, 2.05) is 54.4 Å². The number of aromatic nitrogens is 4. The van der Waals surface area contributed by atoms with Crippen molar-refractivity contribution < 1.29 is 4.79 Å². The van der Waals surface area contributed by atoms with E-state index in [4.69, 9.17) is 15.7 Å². The molecule has 9 heteroatoms. The molecule has 0 unspecified atom stereocenters. The number of carbonyl (C=O) groups is 1. The predicted octanol–water partition coefficient (Wildman–Crippen LogP) is 2.89. The topological polar surface area (TPSA) is 122 Å². The summed E-state index contributed by atoms with van der Waals surface area (Å²) in [6.07, 6.45) is 7.16. The van der Waals surface area contributed by atoms with Crippen LogP contribution in [0.25, 0.3) is 11.4 Å². The molecule has 1 atom stereocenters. The molecule has 2 aromatic heterocycles. The number of nitrogens with zero attached hydrogens (tertiary/aromatic N) is 5. The van der Waals surface area contributed by atoms with Gasteiger partial charge in [0.25, 0.3) is 0 Å². The zero-order valence-electron chi connectivity index (χ0n) is 19.0. The monoisotopic (exact) mass is 446 g/mol. The first-order valence-corrected chi connectivity index (χ1v) is 11.3. The van der Waals surface area contributed by atoms with E-state index in [0.29, 0.717) is 11.8 Å². The van der Waals surface area contributed by atoms with Crippen LogP contribution in [-0.4, -0.2) is 51.0 Å². The van der Waals surface area contributed by atoms with E-state index in [2.05, 4.69) is 20.6 Å². The highest BCUT2D eigenvalue weighted by Gasteiger charge is 2.24. The number of nitrogens with two attached hydrogens (primary N) is 1. The van der Waals surface area contributed by atoms with Crippen molar-refractivity contribution in [3.63, 3.8) is 0 Å². The molecule has 4 rings (SSSR count). The van der Waals surface area contributed by atoms with Crippen molar-refractivity contribution in [2.75, 3.05) is 17.3 Å². The maximum atomic E-state index is 11.8. The standard InChI is InChI=1S/C24H30N8O/c1-16(25)23(33)28-18-8-10-19(11-9-18)29-24-27-15-13-21(31-24)32(2)20-12-14-26-22(30-20)17-6-4-3-5-7-17/h3-7,12-16,18-19H,8-11,25H2,1-2H3,(H,28,33)(H,27,29,31)/t16-,18?,19?/m0/s1. The van der Waals surface area contributed by atoms with E-state index < -0.39 is 6.04 Å². The van der Waals surface area contributed by atoms with Gasteiger partial charge in [0.15, 0.2) is 5.82 Å². The zero-order chi connectivity index (χ0) is 23.2. The molecule has 1 aromatic carbocycles. The van der Waals surface area contributed by atoms with E-state index in [1.165, 1.54) is 0 Å². The van der Waals surface area contributed by atoms with Gasteiger partial charge in [-0.1, -0.05) is 30.3 Å². The number of anilines is 3. The Labute approximate surface area is 193 Å². The highest BCUT2D eigenvalue weighted by molar-refractivity contribution is 5.81. The summed E-state index contributed by atoms with van der Waals surface area (Å²) in [6.45, 7) is 1.70.